The summed E-state index contributed by atoms with van der Waals surface area (Å²) >= 11 is 0. The van der Waals surface area contributed by atoms with Crippen molar-refractivity contribution in [1.29, 1.82) is 0 Å². The molecule has 1 aliphatic heterocycles. The van der Waals surface area contributed by atoms with E-state index in [9.17, 15) is 4.79 Å². The van der Waals surface area contributed by atoms with E-state index in [0.717, 1.165) is 37.6 Å². The van der Waals surface area contributed by atoms with Crippen LogP contribution in [-0.2, 0) is 7.05 Å². The molecule has 4 rings (SSSR count). The number of hydrogen-bond acceptors (Lipinski definition) is 6. The summed E-state index contributed by atoms with van der Waals surface area (Å²) in [5.41, 5.74) is 0.652. The molecule has 2 aromatic rings. The van der Waals surface area contributed by atoms with Crippen LogP contribution in [0.1, 0.15) is 36.2 Å². The fraction of sp³-hybridized carbons (Fsp3) is 0.579. The zero-order valence-corrected chi connectivity index (χ0v) is 16.2. The smallest absolute Gasteiger partial charge is 0.272 e. The molecule has 1 aliphatic carbocycles. The van der Waals surface area contributed by atoms with Gasteiger partial charge in [0, 0.05) is 58.6 Å². The molecule has 144 valence electrons. The number of nitrogens with zero attached hydrogens (tertiary/aromatic N) is 7. The van der Waals surface area contributed by atoms with Gasteiger partial charge in [-0.15, -0.1) is 0 Å². The highest BCUT2D eigenvalue weighted by Gasteiger charge is 2.37. The number of carbonyl (C=O) groups excluding carboxylic acids is 1. The number of piperidine rings is 1. The summed E-state index contributed by atoms with van der Waals surface area (Å²) < 4.78 is 1.65. The molecule has 0 radical (unpaired) electrons. The van der Waals surface area contributed by atoms with E-state index in [1.165, 1.54) is 12.8 Å². The molecule has 0 N–H and O–H groups in total. The highest BCUT2D eigenvalue weighted by Crippen LogP contribution is 2.36. The quantitative estimate of drug-likeness (QED) is 0.796. The van der Waals surface area contributed by atoms with Crippen molar-refractivity contribution in [3.8, 4) is 0 Å². The van der Waals surface area contributed by atoms with Gasteiger partial charge in [-0.2, -0.15) is 5.10 Å². The minimum atomic E-state index is 0.0725. The summed E-state index contributed by atoms with van der Waals surface area (Å²) in [6.07, 6.45) is 7.68. The van der Waals surface area contributed by atoms with Gasteiger partial charge in [0.15, 0.2) is 0 Å². The zero-order valence-electron chi connectivity index (χ0n) is 16.2. The molecule has 0 bridgehead atoms. The molecule has 0 aromatic carbocycles. The van der Waals surface area contributed by atoms with Crippen molar-refractivity contribution in [2.75, 3.05) is 37.0 Å². The number of amides is 1. The fourth-order valence-corrected chi connectivity index (χ4v) is 3.84. The van der Waals surface area contributed by atoms with Crippen molar-refractivity contribution >= 4 is 17.5 Å². The zero-order chi connectivity index (χ0) is 19.0. The summed E-state index contributed by atoms with van der Waals surface area (Å²) in [5, 5.41) is 4.11. The van der Waals surface area contributed by atoms with Crippen molar-refractivity contribution in [2.45, 2.75) is 37.8 Å². The van der Waals surface area contributed by atoms with E-state index in [1.54, 1.807) is 23.3 Å². The predicted octanol–water partition coefficient (Wildman–Crippen LogP) is 1.55. The maximum absolute atomic E-state index is 12.7. The molecule has 0 spiro atoms. The molecule has 0 atom stereocenters. The topological polar surface area (TPSA) is 70.4 Å². The summed E-state index contributed by atoms with van der Waals surface area (Å²) in [6, 6.07) is 4.84. The lowest BCUT2D eigenvalue weighted by molar-refractivity contribution is 0.0700. The molecular weight excluding hydrogens is 342 g/mol. The summed E-state index contributed by atoms with van der Waals surface area (Å²) in [5.74, 6) is 2.01. The Balaban J connectivity index is 1.46. The van der Waals surface area contributed by atoms with Crippen molar-refractivity contribution < 1.29 is 4.79 Å². The third kappa shape index (κ3) is 3.61. The second kappa shape index (κ2) is 7.17. The SMILES string of the molecule is CN(C)c1cc(N(C2CC2)C2CCN(C(=O)c3ccnn3C)CC2)ncn1. The third-order valence-electron chi connectivity index (χ3n) is 5.49. The Bertz CT molecular complexity index is 806. The molecule has 1 saturated carbocycles. The molecular formula is C19H27N7O. The van der Waals surface area contributed by atoms with Crippen LogP contribution in [0.15, 0.2) is 24.7 Å². The first-order chi connectivity index (χ1) is 13.0. The lowest BCUT2D eigenvalue weighted by atomic mass is 10.0. The monoisotopic (exact) mass is 369 g/mol. The average Bonchev–Trinajstić information content (AvgIpc) is 3.42. The van der Waals surface area contributed by atoms with Crippen LogP contribution in [0, 0.1) is 0 Å². The van der Waals surface area contributed by atoms with Crippen molar-refractivity contribution in [1.82, 2.24) is 24.6 Å². The van der Waals surface area contributed by atoms with Crippen LogP contribution in [0.3, 0.4) is 0 Å². The van der Waals surface area contributed by atoms with E-state index in [-0.39, 0.29) is 5.91 Å². The fourth-order valence-electron chi connectivity index (χ4n) is 3.84. The second-order valence-corrected chi connectivity index (χ2v) is 7.63. The highest BCUT2D eigenvalue weighted by molar-refractivity contribution is 5.92. The lowest BCUT2D eigenvalue weighted by Gasteiger charge is -2.39. The van der Waals surface area contributed by atoms with Crippen LogP contribution in [0.5, 0.6) is 0 Å². The Labute approximate surface area is 159 Å². The first-order valence-electron chi connectivity index (χ1n) is 9.59. The lowest BCUT2D eigenvalue weighted by Crippen LogP contribution is -2.48. The molecule has 1 amide bonds. The number of carbonyl (C=O) groups is 1. The van der Waals surface area contributed by atoms with Gasteiger partial charge >= 0.3 is 0 Å². The van der Waals surface area contributed by atoms with Gasteiger partial charge < -0.3 is 14.7 Å². The van der Waals surface area contributed by atoms with Crippen LogP contribution in [0.2, 0.25) is 0 Å². The Morgan fingerprint density at radius 2 is 1.74 bits per heavy atom. The first-order valence-corrected chi connectivity index (χ1v) is 9.59. The Morgan fingerprint density at radius 1 is 1.07 bits per heavy atom. The van der Waals surface area contributed by atoms with Gasteiger partial charge in [-0.05, 0) is 31.7 Å². The number of aryl methyl sites for hydroxylation is 1. The first kappa shape index (κ1) is 17.8. The number of hydrogen-bond donors (Lipinski definition) is 0. The molecule has 3 heterocycles. The molecule has 0 unspecified atom stereocenters. The maximum atomic E-state index is 12.7. The standard InChI is InChI=1S/C19H27N7O/c1-23(2)17-12-18(21-13-20-17)26(14-4-5-14)15-7-10-25(11-8-15)19(27)16-6-9-22-24(16)3/h6,9,12-15H,4-5,7-8,10-11H2,1-3H3. The van der Waals surface area contributed by atoms with E-state index in [4.69, 9.17) is 0 Å². The number of aromatic nitrogens is 4. The molecule has 8 nitrogen and oxygen atoms in total. The Morgan fingerprint density at radius 3 is 2.33 bits per heavy atom. The van der Waals surface area contributed by atoms with Gasteiger partial charge in [-0.3, -0.25) is 9.48 Å². The van der Waals surface area contributed by atoms with Crippen molar-refractivity contribution in [3.63, 3.8) is 0 Å². The molecule has 2 aromatic heterocycles. The minimum Gasteiger partial charge on any atom is -0.363 e. The van der Waals surface area contributed by atoms with Gasteiger partial charge in [0.05, 0.1) is 0 Å². The van der Waals surface area contributed by atoms with E-state index in [1.807, 2.05) is 30.9 Å². The molecule has 27 heavy (non-hydrogen) atoms. The largest absolute Gasteiger partial charge is 0.363 e. The van der Waals surface area contributed by atoms with Crippen LogP contribution < -0.4 is 9.80 Å². The van der Waals surface area contributed by atoms with Crippen molar-refractivity contribution in [3.05, 3.63) is 30.4 Å². The van der Waals surface area contributed by atoms with Crippen LogP contribution in [0.4, 0.5) is 11.6 Å². The molecule has 2 fully saturated rings. The summed E-state index contributed by atoms with van der Waals surface area (Å²) in [7, 11) is 5.80. The maximum Gasteiger partial charge on any atom is 0.272 e. The highest BCUT2D eigenvalue weighted by atomic mass is 16.2. The molecule has 2 aliphatic rings. The Kier molecular flexibility index (Phi) is 4.72. The number of anilines is 2. The number of rotatable bonds is 5. The van der Waals surface area contributed by atoms with E-state index in [2.05, 4.69) is 26.0 Å². The van der Waals surface area contributed by atoms with Crippen molar-refractivity contribution in [2.24, 2.45) is 7.05 Å². The van der Waals surface area contributed by atoms with Gasteiger partial charge in [0.2, 0.25) is 0 Å². The van der Waals surface area contributed by atoms with Gasteiger partial charge in [0.1, 0.15) is 23.7 Å². The van der Waals surface area contributed by atoms with Crippen LogP contribution >= 0.6 is 0 Å². The number of likely N-dealkylation sites (tertiary alicyclic amines) is 1. The second-order valence-electron chi connectivity index (χ2n) is 7.63. The summed E-state index contributed by atoms with van der Waals surface area (Å²) in [4.78, 5) is 28.1. The predicted molar refractivity (Wildman–Crippen MR) is 104 cm³/mol. The normalized spacial score (nSPS) is 17.8. The van der Waals surface area contributed by atoms with E-state index < -0.39 is 0 Å². The third-order valence-corrected chi connectivity index (χ3v) is 5.49. The summed E-state index contributed by atoms with van der Waals surface area (Å²) in [6.45, 7) is 1.53. The Hall–Kier alpha value is -2.64. The van der Waals surface area contributed by atoms with Gasteiger partial charge in [-0.1, -0.05) is 0 Å². The van der Waals surface area contributed by atoms with Gasteiger partial charge in [0.25, 0.3) is 5.91 Å². The average molecular weight is 369 g/mol. The minimum absolute atomic E-state index is 0.0725. The van der Waals surface area contributed by atoms with Crippen LogP contribution in [-0.4, -0.2) is 69.8 Å². The van der Waals surface area contributed by atoms with Gasteiger partial charge in [-0.25, -0.2) is 9.97 Å². The van der Waals surface area contributed by atoms with Crippen LogP contribution in [0.25, 0.3) is 0 Å². The molecule has 8 heteroatoms. The van der Waals surface area contributed by atoms with E-state index in [0.29, 0.717) is 17.8 Å². The molecule has 1 saturated heterocycles. The van der Waals surface area contributed by atoms with E-state index >= 15 is 0 Å².